The number of nitrogens with one attached hydrogen (secondary N) is 2. The van der Waals surface area contributed by atoms with Crippen LogP contribution < -0.4 is 11.1 Å². The third-order valence-corrected chi connectivity index (χ3v) is 5.15. The van der Waals surface area contributed by atoms with E-state index in [1.165, 1.54) is 11.6 Å². The van der Waals surface area contributed by atoms with Gasteiger partial charge >= 0.3 is 0 Å². The summed E-state index contributed by atoms with van der Waals surface area (Å²) in [5, 5.41) is 10.8. The molecular weight excluding hydrogens is 341 g/mol. The van der Waals surface area contributed by atoms with Gasteiger partial charge in [0, 0.05) is 35.1 Å². The van der Waals surface area contributed by atoms with E-state index in [1.807, 2.05) is 30.3 Å². The number of nitrogens with two attached hydrogens (primary N) is 1. The predicted molar refractivity (Wildman–Crippen MR) is 106 cm³/mol. The summed E-state index contributed by atoms with van der Waals surface area (Å²) in [6.45, 7) is 5.05. The molecule has 0 saturated carbocycles. The maximum Gasteiger partial charge on any atom is 0.215 e. The molecule has 0 spiro atoms. The van der Waals surface area contributed by atoms with E-state index in [1.54, 1.807) is 0 Å². The summed E-state index contributed by atoms with van der Waals surface area (Å²) in [7, 11) is 0. The van der Waals surface area contributed by atoms with E-state index < -0.39 is 5.95 Å². The molecule has 0 bridgehead atoms. The van der Waals surface area contributed by atoms with Gasteiger partial charge in [-0.3, -0.25) is 5.10 Å². The Morgan fingerprint density at radius 3 is 2.93 bits per heavy atom. The summed E-state index contributed by atoms with van der Waals surface area (Å²) in [4.78, 5) is 3.97. The summed E-state index contributed by atoms with van der Waals surface area (Å²) >= 11 is 0. The van der Waals surface area contributed by atoms with Crippen LogP contribution in [0.3, 0.4) is 0 Å². The number of aromatic nitrogens is 3. The van der Waals surface area contributed by atoms with Gasteiger partial charge in [-0.15, -0.1) is 0 Å². The number of nitrogen functional groups attached to an aromatic ring is 1. The summed E-state index contributed by atoms with van der Waals surface area (Å²) < 4.78 is 14.2. The Kier molecular flexibility index (Phi) is 4.34. The molecule has 4 N–H and O–H groups in total. The fourth-order valence-electron chi connectivity index (χ4n) is 3.71. The van der Waals surface area contributed by atoms with Crippen molar-refractivity contribution in [2.45, 2.75) is 39.7 Å². The predicted octanol–water partition coefficient (Wildman–Crippen LogP) is 4.32. The number of nitrogens with zero attached hydrogens (tertiary/aromatic N) is 2. The van der Waals surface area contributed by atoms with Crippen molar-refractivity contribution in [3.63, 3.8) is 0 Å². The standard InChI is InChI=1S/C21H24FN5/c1-21(2)7-6-16-17(11-21)26-27-20(16)14-9-18(22)25-19(10-14)24-12-13-4-3-5-15(23)8-13/h3-5,8-10H,6-7,11-12,23H2,1-2H3,(H,24,25)(H,26,27). The molecule has 1 aliphatic rings. The lowest BCUT2D eigenvalue weighted by Crippen LogP contribution is -2.21. The Balaban J connectivity index is 1.59. The molecule has 0 aliphatic heterocycles. The monoisotopic (exact) mass is 365 g/mol. The number of halogens is 1. The van der Waals surface area contributed by atoms with Gasteiger partial charge in [0.25, 0.3) is 0 Å². The van der Waals surface area contributed by atoms with Crippen molar-refractivity contribution in [1.82, 2.24) is 15.2 Å². The van der Waals surface area contributed by atoms with Crippen molar-refractivity contribution in [3.8, 4) is 11.3 Å². The number of pyridine rings is 1. The zero-order valence-electron chi connectivity index (χ0n) is 15.6. The van der Waals surface area contributed by atoms with Gasteiger partial charge in [0.2, 0.25) is 5.95 Å². The number of hydrogen-bond acceptors (Lipinski definition) is 4. The zero-order chi connectivity index (χ0) is 19.0. The lowest BCUT2D eigenvalue weighted by Gasteiger charge is -2.29. The largest absolute Gasteiger partial charge is 0.399 e. The van der Waals surface area contributed by atoms with E-state index >= 15 is 0 Å². The molecule has 6 heteroatoms. The third-order valence-electron chi connectivity index (χ3n) is 5.15. The first-order valence-electron chi connectivity index (χ1n) is 9.22. The van der Waals surface area contributed by atoms with Crippen LogP contribution in [0.5, 0.6) is 0 Å². The second-order valence-corrected chi connectivity index (χ2v) is 8.03. The fraction of sp³-hybridized carbons (Fsp3) is 0.333. The summed E-state index contributed by atoms with van der Waals surface area (Å²) in [6.07, 6.45) is 3.01. The smallest absolute Gasteiger partial charge is 0.215 e. The average Bonchev–Trinajstić information content (AvgIpc) is 3.01. The summed E-state index contributed by atoms with van der Waals surface area (Å²) in [6, 6.07) is 10.9. The topological polar surface area (TPSA) is 79.6 Å². The lowest BCUT2D eigenvalue weighted by molar-refractivity contribution is 0.312. The first kappa shape index (κ1) is 17.5. The van der Waals surface area contributed by atoms with Crippen LogP contribution in [-0.2, 0) is 19.4 Å². The second kappa shape index (κ2) is 6.68. The Morgan fingerprint density at radius 1 is 1.26 bits per heavy atom. The molecule has 0 unspecified atom stereocenters. The minimum absolute atomic E-state index is 0.268. The van der Waals surface area contributed by atoms with Crippen LogP contribution in [0, 0.1) is 11.4 Å². The molecule has 0 saturated heterocycles. The van der Waals surface area contributed by atoms with Crippen LogP contribution >= 0.6 is 0 Å². The average molecular weight is 365 g/mol. The number of anilines is 2. The number of aromatic amines is 1. The lowest BCUT2D eigenvalue weighted by atomic mass is 9.76. The minimum atomic E-state index is -0.518. The highest BCUT2D eigenvalue weighted by molar-refractivity contribution is 5.67. The first-order chi connectivity index (χ1) is 12.9. The molecule has 0 radical (unpaired) electrons. The molecule has 0 atom stereocenters. The quantitative estimate of drug-likeness (QED) is 0.475. The Labute approximate surface area is 158 Å². The SMILES string of the molecule is CC1(C)CCc2c(-c3cc(F)nc(NCc4cccc(N)c4)c3)n[nH]c2C1. The Hall–Kier alpha value is -2.89. The molecule has 4 rings (SSSR count). The molecule has 2 aromatic heterocycles. The number of rotatable bonds is 4. The van der Waals surface area contributed by atoms with Crippen LogP contribution in [0.1, 0.15) is 37.1 Å². The van der Waals surface area contributed by atoms with E-state index in [9.17, 15) is 4.39 Å². The van der Waals surface area contributed by atoms with Crippen LogP contribution in [0.2, 0.25) is 0 Å². The molecule has 140 valence electrons. The molecule has 5 nitrogen and oxygen atoms in total. The van der Waals surface area contributed by atoms with Gasteiger partial charge in [0.05, 0.1) is 5.69 Å². The van der Waals surface area contributed by atoms with Gasteiger partial charge in [-0.2, -0.15) is 9.49 Å². The van der Waals surface area contributed by atoms with Crippen LogP contribution in [0.25, 0.3) is 11.3 Å². The van der Waals surface area contributed by atoms with Gasteiger partial charge in [-0.1, -0.05) is 26.0 Å². The number of fused-ring (bicyclic) bond motifs is 1. The molecule has 1 aromatic carbocycles. The highest BCUT2D eigenvalue weighted by Gasteiger charge is 2.29. The van der Waals surface area contributed by atoms with E-state index in [0.717, 1.165) is 41.8 Å². The molecule has 0 amide bonds. The van der Waals surface area contributed by atoms with Crippen molar-refractivity contribution < 1.29 is 4.39 Å². The normalized spacial score (nSPS) is 15.4. The maximum absolute atomic E-state index is 14.2. The van der Waals surface area contributed by atoms with E-state index in [-0.39, 0.29) is 5.41 Å². The van der Waals surface area contributed by atoms with Crippen LogP contribution in [-0.4, -0.2) is 15.2 Å². The summed E-state index contributed by atoms with van der Waals surface area (Å²) in [5.74, 6) is -0.0317. The van der Waals surface area contributed by atoms with E-state index in [2.05, 4.69) is 34.3 Å². The Bertz CT molecular complexity index is 976. The highest BCUT2D eigenvalue weighted by atomic mass is 19.1. The minimum Gasteiger partial charge on any atom is -0.399 e. The van der Waals surface area contributed by atoms with Gasteiger partial charge < -0.3 is 11.1 Å². The second-order valence-electron chi connectivity index (χ2n) is 8.03. The van der Waals surface area contributed by atoms with Crippen molar-refractivity contribution in [2.75, 3.05) is 11.1 Å². The van der Waals surface area contributed by atoms with Crippen molar-refractivity contribution >= 4 is 11.5 Å². The fourth-order valence-corrected chi connectivity index (χ4v) is 3.71. The molecule has 27 heavy (non-hydrogen) atoms. The van der Waals surface area contributed by atoms with Crippen molar-refractivity contribution in [2.24, 2.45) is 5.41 Å². The number of H-pyrrole nitrogens is 1. The number of benzene rings is 1. The van der Waals surface area contributed by atoms with Crippen LogP contribution in [0.15, 0.2) is 36.4 Å². The van der Waals surface area contributed by atoms with Crippen LogP contribution in [0.4, 0.5) is 15.9 Å². The molecule has 1 aliphatic carbocycles. The van der Waals surface area contributed by atoms with Gasteiger partial charge in [0.1, 0.15) is 5.82 Å². The maximum atomic E-state index is 14.2. The van der Waals surface area contributed by atoms with Crippen molar-refractivity contribution in [3.05, 3.63) is 59.2 Å². The third kappa shape index (κ3) is 3.79. The van der Waals surface area contributed by atoms with Gasteiger partial charge in [0.15, 0.2) is 0 Å². The Morgan fingerprint density at radius 2 is 2.11 bits per heavy atom. The summed E-state index contributed by atoms with van der Waals surface area (Å²) in [5.41, 5.74) is 11.7. The first-order valence-corrected chi connectivity index (χ1v) is 9.22. The molecule has 0 fully saturated rings. The van der Waals surface area contributed by atoms with Crippen molar-refractivity contribution in [1.29, 1.82) is 0 Å². The van der Waals surface area contributed by atoms with Gasteiger partial charge in [-0.25, -0.2) is 4.98 Å². The zero-order valence-corrected chi connectivity index (χ0v) is 15.6. The van der Waals surface area contributed by atoms with E-state index in [4.69, 9.17) is 5.73 Å². The number of hydrogen-bond donors (Lipinski definition) is 3. The highest BCUT2D eigenvalue weighted by Crippen LogP contribution is 2.38. The van der Waals surface area contributed by atoms with Gasteiger partial charge in [-0.05, 0) is 48.4 Å². The molecule has 2 heterocycles. The molecule has 3 aromatic rings. The van der Waals surface area contributed by atoms with E-state index in [0.29, 0.717) is 18.1 Å². The molecular formula is C21H24FN5.